The lowest BCUT2D eigenvalue weighted by Gasteiger charge is -2.13. The Morgan fingerprint density at radius 2 is 1.90 bits per heavy atom. The second-order valence-corrected chi connectivity index (χ2v) is 5.00. The number of methoxy groups -OCH3 is 1. The van der Waals surface area contributed by atoms with Crippen LogP contribution in [0.2, 0.25) is 0 Å². The average Bonchev–Trinajstić information content (AvgIpc) is 2.52. The van der Waals surface area contributed by atoms with E-state index in [0.29, 0.717) is 12.2 Å². The van der Waals surface area contributed by atoms with Crippen molar-refractivity contribution in [1.82, 2.24) is 0 Å². The van der Waals surface area contributed by atoms with Crippen LogP contribution < -0.4 is 4.74 Å². The van der Waals surface area contributed by atoms with Gasteiger partial charge in [0.05, 0.1) is 19.3 Å². The summed E-state index contributed by atoms with van der Waals surface area (Å²) in [5.74, 6) is 0.564. The summed E-state index contributed by atoms with van der Waals surface area (Å²) in [6.45, 7) is 4.37. The van der Waals surface area contributed by atoms with Gasteiger partial charge in [-0.2, -0.15) is 0 Å². The first-order valence-corrected chi connectivity index (χ1v) is 7.48. The Labute approximate surface area is 125 Å². The molecule has 0 fully saturated rings. The van der Waals surface area contributed by atoms with Crippen LogP contribution in [0.5, 0.6) is 5.75 Å². The highest BCUT2D eigenvalue weighted by atomic mass is 16.5. The summed E-state index contributed by atoms with van der Waals surface area (Å²) >= 11 is 0. The number of esters is 1. The summed E-state index contributed by atoms with van der Waals surface area (Å²) in [4.78, 5) is 12.2. The Morgan fingerprint density at radius 3 is 2.57 bits per heavy atom. The lowest BCUT2D eigenvalue weighted by molar-refractivity contribution is 0.0525. The van der Waals surface area contributed by atoms with Crippen LogP contribution in [0, 0.1) is 0 Å². The monoisotopic (exact) mass is 286 g/mol. The van der Waals surface area contributed by atoms with Gasteiger partial charge >= 0.3 is 5.97 Å². The smallest absolute Gasteiger partial charge is 0.338 e. The van der Waals surface area contributed by atoms with Crippen molar-refractivity contribution in [3.63, 3.8) is 0 Å². The summed E-state index contributed by atoms with van der Waals surface area (Å²) in [6, 6.07) is 9.81. The molecule has 0 spiro atoms. The Kier molecular flexibility index (Phi) is 5.20. The number of carbonyl (C=O) groups is 1. The lowest BCUT2D eigenvalue weighted by atomic mass is 9.95. The molecule has 0 saturated heterocycles. The van der Waals surface area contributed by atoms with Crippen molar-refractivity contribution >= 4 is 16.7 Å². The third-order valence-electron chi connectivity index (χ3n) is 3.62. The largest absolute Gasteiger partial charge is 0.497 e. The Morgan fingerprint density at radius 1 is 1.14 bits per heavy atom. The maximum absolute atomic E-state index is 12.2. The van der Waals surface area contributed by atoms with E-state index >= 15 is 0 Å². The molecule has 3 heteroatoms. The van der Waals surface area contributed by atoms with E-state index in [1.165, 1.54) is 0 Å². The summed E-state index contributed by atoms with van der Waals surface area (Å²) < 4.78 is 10.5. The highest BCUT2D eigenvalue weighted by Crippen LogP contribution is 2.28. The molecule has 21 heavy (non-hydrogen) atoms. The zero-order chi connectivity index (χ0) is 15.2. The molecule has 0 aliphatic rings. The molecular formula is C18H22O3. The Hall–Kier alpha value is -2.03. The van der Waals surface area contributed by atoms with E-state index in [4.69, 9.17) is 9.47 Å². The van der Waals surface area contributed by atoms with Crippen molar-refractivity contribution in [3.05, 3.63) is 41.5 Å². The van der Waals surface area contributed by atoms with Gasteiger partial charge in [0, 0.05) is 0 Å². The molecule has 0 aliphatic heterocycles. The van der Waals surface area contributed by atoms with Gasteiger partial charge in [0.15, 0.2) is 0 Å². The van der Waals surface area contributed by atoms with Gasteiger partial charge in [-0.1, -0.05) is 25.5 Å². The quantitative estimate of drug-likeness (QED) is 0.740. The number of carbonyl (C=O) groups excluding carboxylic acids is 1. The number of rotatable bonds is 6. The van der Waals surface area contributed by atoms with E-state index in [-0.39, 0.29) is 5.97 Å². The molecule has 0 bridgehead atoms. The molecule has 0 unspecified atom stereocenters. The zero-order valence-corrected chi connectivity index (χ0v) is 12.9. The predicted molar refractivity (Wildman–Crippen MR) is 85.1 cm³/mol. The van der Waals surface area contributed by atoms with Crippen LogP contribution in [-0.2, 0) is 11.2 Å². The minimum atomic E-state index is -0.242. The van der Waals surface area contributed by atoms with Crippen LogP contribution in [-0.4, -0.2) is 19.7 Å². The van der Waals surface area contributed by atoms with Crippen LogP contribution in [0.3, 0.4) is 0 Å². The highest BCUT2D eigenvalue weighted by Gasteiger charge is 2.15. The maximum atomic E-state index is 12.2. The number of hydrogen-bond acceptors (Lipinski definition) is 3. The van der Waals surface area contributed by atoms with Gasteiger partial charge in [0.1, 0.15) is 5.75 Å². The second-order valence-electron chi connectivity index (χ2n) is 5.00. The van der Waals surface area contributed by atoms with E-state index < -0.39 is 0 Å². The van der Waals surface area contributed by atoms with Crippen molar-refractivity contribution < 1.29 is 14.3 Å². The second kappa shape index (κ2) is 7.11. The van der Waals surface area contributed by atoms with Gasteiger partial charge in [-0.15, -0.1) is 0 Å². The Balaban J connectivity index is 2.58. The third-order valence-corrected chi connectivity index (χ3v) is 3.62. The number of hydrogen-bond donors (Lipinski definition) is 0. The molecule has 2 aromatic carbocycles. The first kappa shape index (κ1) is 15.4. The number of fused-ring (bicyclic) bond motifs is 1. The lowest BCUT2D eigenvalue weighted by Crippen LogP contribution is -2.09. The van der Waals surface area contributed by atoms with Crippen molar-refractivity contribution in [3.8, 4) is 5.75 Å². The van der Waals surface area contributed by atoms with E-state index in [2.05, 4.69) is 6.92 Å². The fraction of sp³-hybridized carbons (Fsp3) is 0.389. The van der Waals surface area contributed by atoms with Gasteiger partial charge in [0.25, 0.3) is 0 Å². The number of ether oxygens (including phenoxy) is 2. The average molecular weight is 286 g/mol. The molecule has 3 nitrogen and oxygen atoms in total. The van der Waals surface area contributed by atoms with Crippen LogP contribution in [0.25, 0.3) is 10.8 Å². The molecule has 112 valence electrons. The number of unbranched alkanes of at least 4 members (excludes halogenated alkanes) is 1. The van der Waals surface area contributed by atoms with Crippen LogP contribution in [0.4, 0.5) is 0 Å². The SMILES string of the molecule is CCCCc1c(C(=O)OCC)ccc2ccc(OC)cc12. The van der Waals surface area contributed by atoms with E-state index in [1.54, 1.807) is 7.11 Å². The summed E-state index contributed by atoms with van der Waals surface area (Å²) in [5, 5.41) is 2.20. The van der Waals surface area contributed by atoms with Crippen molar-refractivity contribution in [2.24, 2.45) is 0 Å². The van der Waals surface area contributed by atoms with Gasteiger partial charge in [-0.25, -0.2) is 4.79 Å². The first-order chi connectivity index (χ1) is 10.2. The molecular weight excluding hydrogens is 264 g/mol. The standard InChI is InChI=1S/C18H22O3/c1-4-6-7-15-16(18(19)21-5-2)11-9-13-8-10-14(20-3)12-17(13)15/h8-12H,4-7H2,1-3H3. The molecule has 0 aromatic heterocycles. The minimum absolute atomic E-state index is 0.242. The fourth-order valence-corrected chi connectivity index (χ4v) is 2.51. The van der Waals surface area contributed by atoms with Crippen molar-refractivity contribution in [2.45, 2.75) is 33.1 Å². The van der Waals surface area contributed by atoms with Gasteiger partial charge in [-0.3, -0.25) is 0 Å². The molecule has 0 radical (unpaired) electrons. The molecule has 0 N–H and O–H groups in total. The minimum Gasteiger partial charge on any atom is -0.497 e. The Bertz CT molecular complexity index is 632. The summed E-state index contributed by atoms with van der Waals surface area (Å²) in [6.07, 6.45) is 3.00. The van der Waals surface area contributed by atoms with Crippen LogP contribution in [0.15, 0.2) is 30.3 Å². The van der Waals surface area contributed by atoms with Gasteiger partial charge in [-0.05, 0) is 54.3 Å². The third kappa shape index (κ3) is 3.35. The number of aryl methyl sites for hydroxylation is 1. The number of benzene rings is 2. The van der Waals surface area contributed by atoms with E-state index in [9.17, 15) is 4.79 Å². The molecule has 0 aliphatic carbocycles. The fourth-order valence-electron chi connectivity index (χ4n) is 2.51. The first-order valence-electron chi connectivity index (χ1n) is 7.48. The molecule has 0 heterocycles. The molecule has 0 amide bonds. The van der Waals surface area contributed by atoms with Crippen LogP contribution >= 0.6 is 0 Å². The highest BCUT2D eigenvalue weighted by molar-refractivity contribution is 5.99. The van der Waals surface area contributed by atoms with Gasteiger partial charge in [0.2, 0.25) is 0 Å². The summed E-state index contributed by atoms with van der Waals surface area (Å²) in [7, 11) is 1.65. The maximum Gasteiger partial charge on any atom is 0.338 e. The molecule has 0 saturated carbocycles. The van der Waals surface area contributed by atoms with E-state index in [0.717, 1.165) is 41.3 Å². The molecule has 2 aromatic rings. The predicted octanol–water partition coefficient (Wildman–Crippen LogP) is 4.37. The van der Waals surface area contributed by atoms with E-state index in [1.807, 2.05) is 37.3 Å². The normalized spacial score (nSPS) is 10.6. The van der Waals surface area contributed by atoms with Crippen LogP contribution in [0.1, 0.15) is 42.6 Å². The summed E-state index contributed by atoms with van der Waals surface area (Å²) in [5.41, 5.74) is 1.73. The van der Waals surface area contributed by atoms with Crippen molar-refractivity contribution in [2.75, 3.05) is 13.7 Å². The molecule has 0 atom stereocenters. The van der Waals surface area contributed by atoms with Crippen molar-refractivity contribution in [1.29, 1.82) is 0 Å². The zero-order valence-electron chi connectivity index (χ0n) is 12.9. The topological polar surface area (TPSA) is 35.5 Å². The van der Waals surface area contributed by atoms with Gasteiger partial charge < -0.3 is 9.47 Å². The molecule has 2 rings (SSSR count).